The average molecular weight is 282 g/mol. The summed E-state index contributed by atoms with van der Waals surface area (Å²) in [5.41, 5.74) is 1.72. The molecule has 0 saturated carbocycles. The zero-order valence-electron chi connectivity index (χ0n) is 11.6. The van der Waals surface area contributed by atoms with E-state index in [1.54, 1.807) is 0 Å². The Balaban J connectivity index is 2.56. The van der Waals surface area contributed by atoms with Crippen molar-refractivity contribution in [2.45, 2.75) is 45.7 Å². The summed E-state index contributed by atoms with van der Waals surface area (Å²) in [7, 11) is 0. The third kappa shape index (κ3) is 2.51. The molecule has 0 saturated heterocycles. The van der Waals surface area contributed by atoms with E-state index in [9.17, 15) is 18.0 Å². The summed E-state index contributed by atoms with van der Waals surface area (Å²) in [5.74, 6) is -0.0981. The van der Waals surface area contributed by atoms with E-state index in [1.807, 2.05) is 13.8 Å². The first-order chi connectivity index (χ1) is 9.40. The van der Waals surface area contributed by atoms with Crippen molar-refractivity contribution >= 4 is 11.4 Å². The minimum Gasteiger partial charge on any atom is -0.289 e. The van der Waals surface area contributed by atoms with Crippen molar-refractivity contribution in [2.75, 3.05) is 0 Å². The Kier molecular flexibility index (Phi) is 4.02. The van der Waals surface area contributed by atoms with Gasteiger partial charge in [-0.25, -0.2) is 0 Å². The van der Waals surface area contributed by atoms with Gasteiger partial charge < -0.3 is 0 Å². The first kappa shape index (κ1) is 14.8. The van der Waals surface area contributed by atoms with Gasteiger partial charge in [0.1, 0.15) is 0 Å². The predicted molar refractivity (Wildman–Crippen MR) is 72.5 cm³/mol. The standard InChI is InChI=1S/C16H17F3O/c1-3-5-11-12(6-4-2)15(20)13-8-7-10(9-14(11)13)16(17,18)19/h7-9H,3-6H2,1-2H3. The highest BCUT2D eigenvalue weighted by Gasteiger charge is 2.34. The van der Waals surface area contributed by atoms with Crippen molar-refractivity contribution in [1.82, 2.24) is 0 Å². The Morgan fingerprint density at radius 1 is 0.950 bits per heavy atom. The molecular formula is C16H17F3O. The van der Waals surface area contributed by atoms with E-state index in [1.165, 1.54) is 6.07 Å². The number of benzene rings is 1. The fourth-order valence-electron chi connectivity index (χ4n) is 2.68. The van der Waals surface area contributed by atoms with Crippen LogP contribution in [-0.2, 0) is 6.18 Å². The molecule has 1 aromatic carbocycles. The maximum atomic E-state index is 12.8. The van der Waals surface area contributed by atoms with Gasteiger partial charge in [0.05, 0.1) is 5.56 Å². The lowest BCUT2D eigenvalue weighted by Crippen LogP contribution is -2.06. The smallest absolute Gasteiger partial charge is 0.289 e. The average Bonchev–Trinajstić information content (AvgIpc) is 2.64. The van der Waals surface area contributed by atoms with E-state index in [0.29, 0.717) is 29.5 Å². The normalized spacial score (nSPS) is 14.9. The molecule has 0 radical (unpaired) electrons. The predicted octanol–water partition coefficient (Wildman–Crippen LogP) is 5.26. The van der Waals surface area contributed by atoms with Crippen molar-refractivity contribution in [3.8, 4) is 0 Å². The lowest BCUT2D eigenvalue weighted by molar-refractivity contribution is -0.137. The van der Waals surface area contributed by atoms with Gasteiger partial charge in [-0.05, 0) is 42.2 Å². The van der Waals surface area contributed by atoms with Crippen molar-refractivity contribution in [3.05, 3.63) is 40.5 Å². The maximum absolute atomic E-state index is 12.8. The summed E-state index contributed by atoms with van der Waals surface area (Å²) in [6.45, 7) is 3.93. The Labute approximate surface area is 116 Å². The molecule has 20 heavy (non-hydrogen) atoms. The molecule has 1 nitrogen and oxygen atoms in total. The highest BCUT2D eigenvalue weighted by molar-refractivity contribution is 6.20. The molecule has 0 aromatic heterocycles. The molecule has 0 aliphatic heterocycles. The molecule has 0 spiro atoms. The third-order valence-electron chi connectivity index (χ3n) is 3.56. The van der Waals surface area contributed by atoms with Gasteiger partial charge in [0.25, 0.3) is 0 Å². The molecule has 0 fully saturated rings. The molecule has 0 heterocycles. The summed E-state index contributed by atoms with van der Waals surface area (Å²) in [5, 5.41) is 0. The van der Waals surface area contributed by atoms with Crippen LogP contribution in [0, 0.1) is 0 Å². The number of rotatable bonds is 4. The van der Waals surface area contributed by atoms with E-state index in [0.717, 1.165) is 30.5 Å². The Morgan fingerprint density at radius 2 is 1.55 bits per heavy atom. The number of carbonyl (C=O) groups excluding carboxylic acids is 1. The van der Waals surface area contributed by atoms with Crippen molar-refractivity contribution in [1.29, 1.82) is 0 Å². The molecule has 0 unspecified atom stereocenters. The summed E-state index contributed by atoms with van der Waals surface area (Å²) < 4.78 is 38.4. The van der Waals surface area contributed by atoms with Gasteiger partial charge in [-0.3, -0.25) is 4.79 Å². The first-order valence-electron chi connectivity index (χ1n) is 6.88. The molecule has 4 heteroatoms. The number of hydrogen-bond acceptors (Lipinski definition) is 1. The minimum atomic E-state index is -4.37. The number of hydrogen-bond donors (Lipinski definition) is 0. The number of Topliss-reactive ketones (excluding diaryl/α,β-unsaturated/α-hetero) is 1. The SMILES string of the molecule is CCCC1=C(CCC)c2cc(C(F)(F)F)ccc2C1=O. The van der Waals surface area contributed by atoms with Crippen LogP contribution < -0.4 is 0 Å². The van der Waals surface area contributed by atoms with Crippen LogP contribution >= 0.6 is 0 Å². The molecular weight excluding hydrogens is 265 g/mol. The number of ketones is 1. The number of allylic oxidation sites excluding steroid dienone is 2. The van der Waals surface area contributed by atoms with Crippen molar-refractivity contribution < 1.29 is 18.0 Å². The van der Waals surface area contributed by atoms with Crippen LogP contribution in [0.15, 0.2) is 23.8 Å². The molecule has 1 aliphatic rings. The van der Waals surface area contributed by atoms with Crippen LogP contribution in [0.3, 0.4) is 0 Å². The van der Waals surface area contributed by atoms with Crippen molar-refractivity contribution in [2.24, 2.45) is 0 Å². The van der Waals surface area contributed by atoms with Crippen LogP contribution in [0.2, 0.25) is 0 Å². The second kappa shape index (κ2) is 5.43. The molecule has 0 amide bonds. The van der Waals surface area contributed by atoms with E-state index in [4.69, 9.17) is 0 Å². The largest absolute Gasteiger partial charge is 0.416 e. The van der Waals surface area contributed by atoms with E-state index in [2.05, 4.69) is 0 Å². The lowest BCUT2D eigenvalue weighted by Gasteiger charge is -2.10. The fourth-order valence-corrected chi connectivity index (χ4v) is 2.68. The van der Waals surface area contributed by atoms with Gasteiger partial charge in [0, 0.05) is 11.1 Å². The Hall–Kier alpha value is -1.58. The molecule has 2 rings (SSSR count). The summed E-state index contributed by atoms with van der Waals surface area (Å²) in [6, 6.07) is 3.44. The fraction of sp³-hybridized carbons (Fsp3) is 0.438. The van der Waals surface area contributed by atoms with E-state index < -0.39 is 11.7 Å². The Bertz CT molecular complexity index is 568. The first-order valence-corrected chi connectivity index (χ1v) is 6.88. The topological polar surface area (TPSA) is 17.1 Å². The molecule has 108 valence electrons. The summed E-state index contributed by atoms with van der Waals surface area (Å²) in [4.78, 5) is 12.3. The molecule has 0 N–H and O–H groups in total. The lowest BCUT2D eigenvalue weighted by atomic mass is 9.98. The quantitative estimate of drug-likeness (QED) is 0.736. The number of halogens is 3. The van der Waals surface area contributed by atoms with Crippen LogP contribution in [0.5, 0.6) is 0 Å². The van der Waals surface area contributed by atoms with E-state index >= 15 is 0 Å². The van der Waals surface area contributed by atoms with Gasteiger partial charge in [-0.2, -0.15) is 13.2 Å². The van der Waals surface area contributed by atoms with Gasteiger partial charge in [0.2, 0.25) is 0 Å². The molecule has 1 aromatic rings. The van der Waals surface area contributed by atoms with Gasteiger partial charge >= 0.3 is 6.18 Å². The van der Waals surface area contributed by atoms with Crippen LogP contribution in [0.4, 0.5) is 13.2 Å². The number of carbonyl (C=O) groups is 1. The zero-order valence-corrected chi connectivity index (χ0v) is 11.6. The monoisotopic (exact) mass is 282 g/mol. The minimum absolute atomic E-state index is 0.0981. The van der Waals surface area contributed by atoms with Gasteiger partial charge in [-0.1, -0.05) is 26.7 Å². The highest BCUT2D eigenvalue weighted by Crippen LogP contribution is 2.40. The summed E-state index contributed by atoms with van der Waals surface area (Å²) >= 11 is 0. The van der Waals surface area contributed by atoms with Gasteiger partial charge in [0.15, 0.2) is 5.78 Å². The highest BCUT2D eigenvalue weighted by atomic mass is 19.4. The van der Waals surface area contributed by atoms with Crippen LogP contribution in [-0.4, -0.2) is 5.78 Å². The zero-order chi connectivity index (χ0) is 14.9. The van der Waals surface area contributed by atoms with Gasteiger partial charge in [-0.15, -0.1) is 0 Å². The second-order valence-electron chi connectivity index (χ2n) is 5.04. The number of alkyl halides is 3. The molecule has 0 bridgehead atoms. The molecule has 0 atom stereocenters. The van der Waals surface area contributed by atoms with Crippen LogP contribution in [0.25, 0.3) is 5.57 Å². The maximum Gasteiger partial charge on any atom is 0.416 e. The second-order valence-corrected chi connectivity index (χ2v) is 5.04. The van der Waals surface area contributed by atoms with E-state index in [-0.39, 0.29) is 5.78 Å². The summed E-state index contributed by atoms with van der Waals surface area (Å²) in [6.07, 6.45) is -1.47. The third-order valence-corrected chi connectivity index (χ3v) is 3.56. The Morgan fingerprint density at radius 3 is 2.10 bits per heavy atom. The van der Waals surface area contributed by atoms with Crippen LogP contribution in [0.1, 0.15) is 61.0 Å². The molecule has 1 aliphatic carbocycles. The number of fused-ring (bicyclic) bond motifs is 1. The van der Waals surface area contributed by atoms with Crippen molar-refractivity contribution in [3.63, 3.8) is 0 Å².